The zero-order valence-electron chi connectivity index (χ0n) is 12.0. The topological polar surface area (TPSA) is 69.8 Å². The minimum Gasteiger partial charge on any atom is -0.398 e. The highest BCUT2D eigenvalue weighted by Crippen LogP contribution is 2.20. The molecule has 1 saturated heterocycles. The van der Waals surface area contributed by atoms with Crippen LogP contribution in [0.3, 0.4) is 0 Å². The molecule has 1 aliphatic rings. The number of carbonyl (C=O) groups excluding carboxylic acids is 1. The maximum absolute atomic E-state index is 12.7. The van der Waals surface area contributed by atoms with Gasteiger partial charge in [-0.15, -0.1) is 0 Å². The van der Waals surface area contributed by atoms with Crippen molar-refractivity contribution in [3.63, 3.8) is 0 Å². The van der Waals surface area contributed by atoms with Gasteiger partial charge >= 0.3 is 0 Å². The Morgan fingerprint density at radius 1 is 1.40 bits per heavy atom. The van der Waals surface area contributed by atoms with Crippen LogP contribution in [0.15, 0.2) is 24.3 Å². The predicted molar refractivity (Wildman–Crippen MR) is 79.5 cm³/mol. The quantitative estimate of drug-likeness (QED) is 0.799. The van der Waals surface area contributed by atoms with Gasteiger partial charge in [0.15, 0.2) is 0 Å². The van der Waals surface area contributed by atoms with E-state index in [4.69, 9.17) is 5.73 Å². The smallest absolute Gasteiger partial charge is 0.256 e. The molecule has 5 heteroatoms. The molecule has 0 saturated carbocycles. The Balaban J connectivity index is 2.16. The maximum Gasteiger partial charge on any atom is 0.256 e. The number of nitrogen functional groups attached to an aromatic ring is 1. The van der Waals surface area contributed by atoms with Crippen LogP contribution in [0, 0.1) is 0 Å². The predicted octanol–water partition coefficient (Wildman–Crippen LogP) is 0.797. The van der Waals surface area contributed by atoms with E-state index in [0.717, 1.165) is 25.9 Å². The molecule has 1 aliphatic heterocycles. The molecule has 2 rings (SSSR count). The van der Waals surface area contributed by atoms with Gasteiger partial charge in [-0.3, -0.25) is 4.79 Å². The van der Waals surface area contributed by atoms with Gasteiger partial charge < -0.3 is 20.6 Å². The van der Waals surface area contributed by atoms with E-state index in [9.17, 15) is 9.90 Å². The fourth-order valence-electron chi connectivity index (χ4n) is 2.71. The Bertz CT molecular complexity index is 456. The molecule has 0 unspecified atom stereocenters. The summed E-state index contributed by atoms with van der Waals surface area (Å²) in [5.74, 6) is -0.0771. The molecule has 5 nitrogen and oxygen atoms in total. The second-order valence-electron chi connectivity index (χ2n) is 5.34. The summed E-state index contributed by atoms with van der Waals surface area (Å²) >= 11 is 0. The first-order valence-electron chi connectivity index (χ1n) is 7.08. The highest BCUT2D eigenvalue weighted by molar-refractivity contribution is 5.99. The van der Waals surface area contributed by atoms with Crippen molar-refractivity contribution >= 4 is 11.6 Å². The lowest BCUT2D eigenvalue weighted by molar-refractivity contribution is 0.0541. The number of aliphatic hydroxyl groups excluding tert-OH is 1. The van der Waals surface area contributed by atoms with Gasteiger partial charge in [0.05, 0.1) is 12.2 Å². The minimum absolute atomic E-state index is 0.0230. The standard InChI is InChI=1S/C15H23N3O2/c1-17-8-6-12(7-9-17)18(10-11-19)15(20)13-4-2-3-5-14(13)16/h2-5,12,19H,6-11,16H2,1H3. The van der Waals surface area contributed by atoms with Crippen LogP contribution in [0.4, 0.5) is 5.69 Å². The van der Waals surface area contributed by atoms with E-state index in [2.05, 4.69) is 11.9 Å². The SMILES string of the molecule is CN1CCC(N(CCO)C(=O)c2ccccc2N)CC1. The zero-order valence-corrected chi connectivity index (χ0v) is 12.0. The molecule has 0 radical (unpaired) electrons. The van der Waals surface area contributed by atoms with Crippen molar-refractivity contribution in [2.45, 2.75) is 18.9 Å². The number of aliphatic hydroxyl groups is 1. The molecular weight excluding hydrogens is 254 g/mol. The molecule has 110 valence electrons. The van der Waals surface area contributed by atoms with Crippen molar-refractivity contribution in [1.82, 2.24) is 9.80 Å². The van der Waals surface area contributed by atoms with Gasteiger partial charge in [-0.25, -0.2) is 0 Å². The molecule has 0 bridgehead atoms. The third-order valence-electron chi connectivity index (χ3n) is 3.92. The molecule has 1 aromatic rings. The summed E-state index contributed by atoms with van der Waals surface area (Å²) in [5, 5.41) is 9.25. The van der Waals surface area contributed by atoms with E-state index >= 15 is 0 Å². The Kier molecular flexibility index (Phi) is 4.98. The number of anilines is 1. The number of piperidine rings is 1. The van der Waals surface area contributed by atoms with Gasteiger partial charge in [-0.2, -0.15) is 0 Å². The molecule has 0 aliphatic carbocycles. The third kappa shape index (κ3) is 3.29. The third-order valence-corrected chi connectivity index (χ3v) is 3.92. The van der Waals surface area contributed by atoms with Crippen molar-refractivity contribution < 1.29 is 9.90 Å². The van der Waals surface area contributed by atoms with E-state index in [1.54, 1.807) is 17.0 Å². The highest BCUT2D eigenvalue weighted by Gasteiger charge is 2.27. The summed E-state index contributed by atoms with van der Waals surface area (Å²) in [5.41, 5.74) is 6.91. The van der Waals surface area contributed by atoms with Gasteiger partial charge in [0.25, 0.3) is 5.91 Å². The second-order valence-corrected chi connectivity index (χ2v) is 5.34. The molecule has 1 amide bonds. The Hall–Kier alpha value is -1.59. The molecular formula is C15H23N3O2. The normalized spacial score (nSPS) is 17.1. The van der Waals surface area contributed by atoms with E-state index in [1.807, 2.05) is 12.1 Å². The summed E-state index contributed by atoms with van der Waals surface area (Å²) in [6.45, 7) is 2.29. The Labute approximate surface area is 120 Å². The molecule has 1 aromatic carbocycles. The number of rotatable bonds is 4. The van der Waals surface area contributed by atoms with Crippen LogP contribution in [0.2, 0.25) is 0 Å². The van der Waals surface area contributed by atoms with Crippen LogP contribution in [0.1, 0.15) is 23.2 Å². The van der Waals surface area contributed by atoms with Gasteiger partial charge in [-0.1, -0.05) is 12.1 Å². The second kappa shape index (κ2) is 6.72. The first-order chi connectivity index (χ1) is 9.63. The van der Waals surface area contributed by atoms with Crippen molar-refractivity contribution in [3.8, 4) is 0 Å². The lowest BCUT2D eigenvalue weighted by atomic mass is 10.0. The Morgan fingerprint density at radius 2 is 2.05 bits per heavy atom. The van der Waals surface area contributed by atoms with E-state index in [0.29, 0.717) is 17.8 Å². The van der Waals surface area contributed by atoms with Crippen LogP contribution in [0.25, 0.3) is 0 Å². The van der Waals surface area contributed by atoms with Gasteiger partial charge in [0.2, 0.25) is 0 Å². The number of para-hydroxylation sites is 1. The number of hydrogen-bond acceptors (Lipinski definition) is 4. The van der Waals surface area contributed by atoms with Gasteiger partial charge in [0, 0.05) is 18.3 Å². The van der Waals surface area contributed by atoms with Gasteiger partial charge in [-0.05, 0) is 45.1 Å². The first kappa shape index (κ1) is 14.8. The number of carbonyl (C=O) groups is 1. The monoisotopic (exact) mass is 277 g/mol. The number of amides is 1. The van der Waals surface area contributed by atoms with Crippen LogP contribution < -0.4 is 5.73 Å². The number of benzene rings is 1. The summed E-state index contributed by atoms with van der Waals surface area (Å²) in [6, 6.07) is 7.30. The van der Waals surface area contributed by atoms with Crippen molar-refractivity contribution in [2.24, 2.45) is 0 Å². The van der Waals surface area contributed by atoms with Crippen molar-refractivity contribution in [2.75, 3.05) is 39.0 Å². The maximum atomic E-state index is 12.7. The van der Waals surface area contributed by atoms with E-state index in [1.165, 1.54) is 0 Å². The van der Waals surface area contributed by atoms with Crippen LogP contribution in [0.5, 0.6) is 0 Å². The van der Waals surface area contributed by atoms with Gasteiger partial charge in [0.1, 0.15) is 0 Å². The summed E-state index contributed by atoms with van der Waals surface area (Å²) in [4.78, 5) is 16.7. The zero-order chi connectivity index (χ0) is 14.5. The number of nitrogens with zero attached hydrogens (tertiary/aromatic N) is 2. The summed E-state index contributed by atoms with van der Waals surface area (Å²) in [6.07, 6.45) is 1.88. The fourth-order valence-corrected chi connectivity index (χ4v) is 2.71. The number of likely N-dealkylation sites (tertiary alicyclic amines) is 1. The van der Waals surface area contributed by atoms with E-state index < -0.39 is 0 Å². The molecule has 1 heterocycles. The average Bonchev–Trinajstić information content (AvgIpc) is 2.46. The van der Waals surface area contributed by atoms with Crippen molar-refractivity contribution in [3.05, 3.63) is 29.8 Å². The fraction of sp³-hybridized carbons (Fsp3) is 0.533. The van der Waals surface area contributed by atoms with Crippen LogP contribution in [-0.2, 0) is 0 Å². The number of nitrogens with two attached hydrogens (primary N) is 1. The van der Waals surface area contributed by atoms with Crippen LogP contribution in [-0.4, -0.2) is 60.1 Å². The molecule has 3 N–H and O–H groups in total. The highest BCUT2D eigenvalue weighted by atomic mass is 16.3. The molecule has 0 spiro atoms. The lowest BCUT2D eigenvalue weighted by Gasteiger charge is -2.37. The molecule has 0 atom stereocenters. The first-order valence-corrected chi connectivity index (χ1v) is 7.08. The van der Waals surface area contributed by atoms with Crippen LogP contribution >= 0.6 is 0 Å². The minimum atomic E-state index is -0.0771. The molecule has 1 fully saturated rings. The molecule has 20 heavy (non-hydrogen) atoms. The summed E-state index contributed by atoms with van der Waals surface area (Å²) < 4.78 is 0. The van der Waals surface area contributed by atoms with Crippen molar-refractivity contribution in [1.29, 1.82) is 0 Å². The number of hydrogen-bond donors (Lipinski definition) is 2. The largest absolute Gasteiger partial charge is 0.398 e. The summed E-state index contributed by atoms with van der Waals surface area (Å²) in [7, 11) is 2.09. The van der Waals surface area contributed by atoms with E-state index in [-0.39, 0.29) is 18.6 Å². The lowest BCUT2D eigenvalue weighted by Crippen LogP contribution is -2.47. The molecule has 0 aromatic heterocycles. The Morgan fingerprint density at radius 3 is 2.65 bits per heavy atom. The average molecular weight is 277 g/mol.